The maximum absolute atomic E-state index is 13.4. The number of para-hydroxylation sites is 1. The number of aryl methyl sites for hydroxylation is 1. The summed E-state index contributed by atoms with van der Waals surface area (Å²) < 4.78 is 13.4. The van der Waals surface area contributed by atoms with Gasteiger partial charge in [-0.3, -0.25) is 4.79 Å². The van der Waals surface area contributed by atoms with Gasteiger partial charge in [-0.15, -0.1) is 11.3 Å². The van der Waals surface area contributed by atoms with Gasteiger partial charge in [0.25, 0.3) is 0 Å². The highest BCUT2D eigenvalue weighted by Gasteiger charge is 2.28. The van der Waals surface area contributed by atoms with Gasteiger partial charge in [-0.2, -0.15) is 0 Å². The van der Waals surface area contributed by atoms with E-state index in [1.54, 1.807) is 23.5 Å². The number of thiophene rings is 1. The molecule has 1 aliphatic rings. The minimum atomic E-state index is -0.251. The number of carbonyl (C=O) groups is 1. The average molecular weight is 419 g/mol. The van der Waals surface area contributed by atoms with Crippen LogP contribution in [0.5, 0.6) is 0 Å². The van der Waals surface area contributed by atoms with E-state index < -0.39 is 0 Å². The number of aromatic amines is 1. The number of nitrogens with zero attached hydrogens (tertiary/aromatic N) is 1. The molecule has 152 valence electrons. The first-order chi connectivity index (χ1) is 14.6. The van der Waals surface area contributed by atoms with Crippen LogP contribution in [0.1, 0.15) is 35.4 Å². The molecule has 2 aromatic carbocycles. The predicted octanol–water partition coefficient (Wildman–Crippen LogP) is 6.11. The van der Waals surface area contributed by atoms with Crippen LogP contribution in [0.3, 0.4) is 0 Å². The van der Waals surface area contributed by atoms with Crippen molar-refractivity contribution in [3.05, 3.63) is 81.8 Å². The van der Waals surface area contributed by atoms with Gasteiger partial charge < -0.3 is 9.88 Å². The molecule has 0 aliphatic carbocycles. The average Bonchev–Trinajstić information content (AvgIpc) is 3.38. The Bertz CT molecular complexity index is 1210. The largest absolute Gasteiger partial charge is 0.354 e. The van der Waals surface area contributed by atoms with Crippen molar-refractivity contribution in [1.29, 1.82) is 0 Å². The molecule has 3 heterocycles. The molecule has 0 saturated carbocycles. The summed E-state index contributed by atoms with van der Waals surface area (Å²) in [5.41, 5.74) is 5.35. The summed E-state index contributed by atoms with van der Waals surface area (Å²) in [4.78, 5) is 20.0. The van der Waals surface area contributed by atoms with E-state index in [0.29, 0.717) is 12.8 Å². The Morgan fingerprint density at radius 2 is 1.97 bits per heavy atom. The van der Waals surface area contributed by atoms with E-state index in [1.165, 1.54) is 22.6 Å². The van der Waals surface area contributed by atoms with Gasteiger partial charge in [0.1, 0.15) is 5.82 Å². The Balaban J connectivity index is 1.42. The third-order valence-electron chi connectivity index (χ3n) is 6.13. The van der Waals surface area contributed by atoms with Crippen LogP contribution in [-0.2, 0) is 17.6 Å². The van der Waals surface area contributed by atoms with E-state index in [2.05, 4.69) is 29.4 Å². The standard InChI is InChI=1S/C25H23FN2OS/c1-16-19-13-15-30-23(19)12-14-28(16)24(29)11-10-21-20-4-2-3-5-22(20)27-25(21)17-6-8-18(26)9-7-17/h2-9,13,15-16,27H,10-12,14H2,1H3/t16-/m1/s1. The van der Waals surface area contributed by atoms with Crippen LogP contribution in [0.4, 0.5) is 4.39 Å². The number of hydrogen-bond acceptors (Lipinski definition) is 2. The van der Waals surface area contributed by atoms with Gasteiger partial charge in [-0.25, -0.2) is 4.39 Å². The molecule has 5 heteroatoms. The summed E-state index contributed by atoms with van der Waals surface area (Å²) in [5.74, 6) is -0.0619. The molecule has 0 fully saturated rings. The highest BCUT2D eigenvalue weighted by molar-refractivity contribution is 7.10. The fourth-order valence-corrected chi connectivity index (χ4v) is 5.51. The first-order valence-electron chi connectivity index (χ1n) is 10.3. The zero-order chi connectivity index (χ0) is 20.7. The third kappa shape index (κ3) is 3.33. The molecule has 2 aromatic heterocycles. The van der Waals surface area contributed by atoms with Gasteiger partial charge in [-0.05, 0) is 78.2 Å². The second-order valence-corrected chi connectivity index (χ2v) is 8.84. The van der Waals surface area contributed by atoms with Crippen molar-refractivity contribution in [1.82, 2.24) is 9.88 Å². The van der Waals surface area contributed by atoms with Crippen LogP contribution < -0.4 is 0 Å². The lowest BCUT2D eigenvalue weighted by Crippen LogP contribution is -2.38. The Morgan fingerprint density at radius 3 is 2.80 bits per heavy atom. The van der Waals surface area contributed by atoms with Crippen LogP contribution in [-0.4, -0.2) is 22.3 Å². The number of rotatable bonds is 4. The van der Waals surface area contributed by atoms with Gasteiger partial charge >= 0.3 is 0 Å². The topological polar surface area (TPSA) is 36.1 Å². The van der Waals surface area contributed by atoms with Crippen molar-refractivity contribution in [3.8, 4) is 11.3 Å². The van der Waals surface area contributed by atoms with Gasteiger partial charge in [0.05, 0.1) is 6.04 Å². The second-order valence-electron chi connectivity index (χ2n) is 7.84. The lowest BCUT2D eigenvalue weighted by Gasteiger charge is -2.33. The molecular formula is C25H23FN2OS. The molecule has 0 bridgehead atoms. The molecule has 1 N–H and O–H groups in total. The minimum Gasteiger partial charge on any atom is -0.354 e. The summed E-state index contributed by atoms with van der Waals surface area (Å²) in [6.45, 7) is 2.91. The summed E-state index contributed by atoms with van der Waals surface area (Å²) in [6.07, 6.45) is 2.05. The zero-order valence-electron chi connectivity index (χ0n) is 16.8. The lowest BCUT2D eigenvalue weighted by atomic mass is 9.98. The van der Waals surface area contributed by atoms with Gasteiger partial charge in [-0.1, -0.05) is 18.2 Å². The highest BCUT2D eigenvalue weighted by atomic mass is 32.1. The van der Waals surface area contributed by atoms with Crippen molar-refractivity contribution in [2.24, 2.45) is 0 Å². The van der Waals surface area contributed by atoms with Crippen molar-refractivity contribution < 1.29 is 9.18 Å². The molecule has 5 rings (SSSR count). The molecule has 4 aromatic rings. The summed E-state index contributed by atoms with van der Waals surface area (Å²) >= 11 is 1.79. The zero-order valence-corrected chi connectivity index (χ0v) is 17.6. The number of carbonyl (C=O) groups excluding carboxylic acids is 1. The van der Waals surface area contributed by atoms with E-state index in [4.69, 9.17) is 0 Å². The van der Waals surface area contributed by atoms with E-state index in [-0.39, 0.29) is 17.8 Å². The number of H-pyrrole nitrogens is 1. The van der Waals surface area contributed by atoms with Crippen molar-refractivity contribution in [2.75, 3.05) is 6.54 Å². The van der Waals surface area contributed by atoms with E-state index in [1.807, 2.05) is 23.1 Å². The second kappa shape index (κ2) is 7.73. The van der Waals surface area contributed by atoms with Gasteiger partial charge in [0.15, 0.2) is 0 Å². The Labute approximate surface area is 179 Å². The molecule has 0 spiro atoms. The molecule has 3 nitrogen and oxygen atoms in total. The maximum atomic E-state index is 13.4. The number of hydrogen-bond donors (Lipinski definition) is 1. The number of nitrogens with one attached hydrogen (secondary N) is 1. The molecule has 0 unspecified atom stereocenters. The molecule has 0 saturated heterocycles. The van der Waals surface area contributed by atoms with Crippen molar-refractivity contribution >= 4 is 28.1 Å². The SMILES string of the molecule is C[C@@H]1c2ccsc2CCN1C(=O)CCc1c(-c2ccc(F)cc2)[nH]c2ccccc12. The first-order valence-corrected chi connectivity index (χ1v) is 11.2. The van der Waals surface area contributed by atoms with E-state index >= 15 is 0 Å². The van der Waals surface area contributed by atoms with Crippen LogP contribution in [0.15, 0.2) is 60.0 Å². The Kier molecular flexibility index (Phi) is 4.91. The third-order valence-corrected chi connectivity index (χ3v) is 7.13. The predicted molar refractivity (Wildman–Crippen MR) is 120 cm³/mol. The van der Waals surface area contributed by atoms with Crippen molar-refractivity contribution in [2.45, 2.75) is 32.2 Å². The Hall–Kier alpha value is -2.92. The number of amides is 1. The first kappa shape index (κ1) is 19.1. The fourth-order valence-electron chi connectivity index (χ4n) is 4.55. The molecule has 0 radical (unpaired) electrons. The van der Waals surface area contributed by atoms with Crippen LogP contribution in [0.25, 0.3) is 22.2 Å². The molecule has 1 amide bonds. The normalized spacial score (nSPS) is 16.1. The summed E-state index contributed by atoms with van der Waals surface area (Å²) in [7, 11) is 0. The molecule has 1 atom stereocenters. The molecule has 1 aliphatic heterocycles. The monoisotopic (exact) mass is 418 g/mol. The number of benzene rings is 2. The molecular weight excluding hydrogens is 395 g/mol. The van der Waals surface area contributed by atoms with Crippen LogP contribution in [0, 0.1) is 5.82 Å². The number of aromatic nitrogens is 1. The maximum Gasteiger partial charge on any atom is 0.223 e. The van der Waals surface area contributed by atoms with E-state index in [0.717, 1.165) is 40.7 Å². The molecule has 30 heavy (non-hydrogen) atoms. The van der Waals surface area contributed by atoms with E-state index in [9.17, 15) is 9.18 Å². The fraction of sp³-hybridized carbons (Fsp3) is 0.240. The van der Waals surface area contributed by atoms with Gasteiger partial charge in [0.2, 0.25) is 5.91 Å². The summed E-state index contributed by atoms with van der Waals surface area (Å²) in [5, 5.41) is 3.24. The van der Waals surface area contributed by atoms with Gasteiger partial charge in [0, 0.05) is 34.4 Å². The number of fused-ring (bicyclic) bond motifs is 2. The number of halogens is 1. The Morgan fingerprint density at radius 1 is 1.17 bits per heavy atom. The highest BCUT2D eigenvalue weighted by Crippen LogP contribution is 2.35. The van der Waals surface area contributed by atoms with Crippen molar-refractivity contribution in [3.63, 3.8) is 0 Å². The van der Waals surface area contributed by atoms with Crippen LogP contribution >= 0.6 is 11.3 Å². The minimum absolute atomic E-state index is 0.132. The smallest absolute Gasteiger partial charge is 0.223 e. The van der Waals surface area contributed by atoms with Crippen LogP contribution in [0.2, 0.25) is 0 Å². The summed E-state index contributed by atoms with van der Waals surface area (Å²) in [6, 6.07) is 16.9. The quantitative estimate of drug-likeness (QED) is 0.426. The lowest BCUT2D eigenvalue weighted by molar-refractivity contribution is -0.133.